The highest BCUT2D eigenvalue weighted by atomic mass is 16.5. The van der Waals surface area contributed by atoms with Crippen molar-refractivity contribution in [3.8, 4) is 5.75 Å². The Morgan fingerprint density at radius 2 is 2.15 bits per heavy atom. The first kappa shape index (κ1) is 16.6. The zero-order chi connectivity index (χ0) is 17.9. The van der Waals surface area contributed by atoms with Crippen LogP contribution in [0, 0.1) is 6.92 Å². The number of aryl methyl sites for hydroxylation is 1. The highest BCUT2D eigenvalue weighted by Gasteiger charge is 2.30. The fourth-order valence-corrected chi connectivity index (χ4v) is 3.09. The molecule has 1 amide bonds. The molecule has 1 aliphatic rings. The highest BCUT2D eigenvalue weighted by Crippen LogP contribution is 2.22. The number of nitrogens with one attached hydrogen (secondary N) is 1. The number of benzene rings is 1. The molecule has 26 heavy (non-hydrogen) atoms. The molecule has 1 fully saturated rings. The molecule has 1 aliphatic heterocycles. The SMILES string of the molecule is Cc1ccc(O[C@H]2COCC[C@H]2NC(=O)c2coc3ccccc23)cn1. The molecule has 2 atom stereocenters. The minimum Gasteiger partial charge on any atom is -0.484 e. The summed E-state index contributed by atoms with van der Waals surface area (Å²) in [6.45, 7) is 2.93. The molecule has 0 bridgehead atoms. The molecule has 134 valence electrons. The zero-order valence-corrected chi connectivity index (χ0v) is 14.5. The van der Waals surface area contributed by atoms with E-state index in [9.17, 15) is 4.79 Å². The molecular weight excluding hydrogens is 332 g/mol. The van der Waals surface area contributed by atoms with Gasteiger partial charge in [-0.15, -0.1) is 0 Å². The Morgan fingerprint density at radius 1 is 1.27 bits per heavy atom. The fourth-order valence-electron chi connectivity index (χ4n) is 3.09. The predicted octanol–water partition coefficient (Wildman–Crippen LogP) is 3.10. The van der Waals surface area contributed by atoms with Crippen LogP contribution in [0.25, 0.3) is 11.0 Å². The van der Waals surface area contributed by atoms with Crippen LogP contribution in [-0.2, 0) is 4.74 Å². The van der Waals surface area contributed by atoms with Gasteiger partial charge in [0.2, 0.25) is 0 Å². The number of hydrogen-bond donors (Lipinski definition) is 1. The smallest absolute Gasteiger partial charge is 0.255 e. The summed E-state index contributed by atoms with van der Waals surface area (Å²) in [4.78, 5) is 17.0. The minimum absolute atomic E-state index is 0.147. The number of carbonyl (C=O) groups excluding carboxylic acids is 1. The van der Waals surface area contributed by atoms with Crippen LogP contribution in [0.1, 0.15) is 22.5 Å². The van der Waals surface area contributed by atoms with Gasteiger partial charge in [-0.05, 0) is 31.5 Å². The quantitative estimate of drug-likeness (QED) is 0.781. The number of carbonyl (C=O) groups is 1. The Hall–Kier alpha value is -2.86. The zero-order valence-electron chi connectivity index (χ0n) is 14.5. The monoisotopic (exact) mass is 352 g/mol. The molecule has 0 saturated carbocycles. The number of aromatic nitrogens is 1. The lowest BCUT2D eigenvalue weighted by molar-refractivity contribution is -0.0136. The first-order valence-electron chi connectivity index (χ1n) is 8.65. The molecule has 0 aliphatic carbocycles. The van der Waals surface area contributed by atoms with Gasteiger partial charge in [-0.25, -0.2) is 0 Å². The van der Waals surface area contributed by atoms with Gasteiger partial charge in [0.15, 0.2) is 0 Å². The lowest BCUT2D eigenvalue weighted by Gasteiger charge is -2.32. The van der Waals surface area contributed by atoms with Gasteiger partial charge in [0.1, 0.15) is 23.7 Å². The topological polar surface area (TPSA) is 73.6 Å². The van der Waals surface area contributed by atoms with Crippen molar-refractivity contribution in [2.24, 2.45) is 0 Å². The maximum absolute atomic E-state index is 12.8. The third-order valence-electron chi connectivity index (χ3n) is 4.52. The molecule has 2 aromatic heterocycles. The molecule has 0 unspecified atom stereocenters. The van der Waals surface area contributed by atoms with Crippen LogP contribution in [0.2, 0.25) is 0 Å². The number of nitrogens with zero attached hydrogens (tertiary/aromatic N) is 1. The Labute approximate surface area is 151 Å². The van der Waals surface area contributed by atoms with E-state index in [4.69, 9.17) is 13.9 Å². The Balaban J connectivity index is 1.49. The number of amides is 1. The van der Waals surface area contributed by atoms with Gasteiger partial charge in [0.25, 0.3) is 5.91 Å². The molecule has 0 spiro atoms. The average Bonchev–Trinajstić information content (AvgIpc) is 3.09. The maximum atomic E-state index is 12.8. The van der Waals surface area contributed by atoms with Crippen LogP contribution >= 0.6 is 0 Å². The summed E-state index contributed by atoms with van der Waals surface area (Å²) in [6.07, 6.45) is 3.60. The van der Waals surface area contributed by atoms with Gasteiger partial charge in [0, 0.05) is 17.7 Å². The highest BCUT2D eigenvalue weighted by molar-refractivity contribution is 6.06. The molecule has 1 saturated heterocycles. The lowest BCUT2D eigenvalue weighted by Crippen LogP contribution is -2.51. The van der Waals surface area contributed by atoms with Crippen molar-refractivity contribution in [2.75, 3.05) is 13.2 Å². The molecule has 0 radical (unpaired) electrons. The average molecular weight is 352 g/mol. The first-order chi connectivity index (χ1) is 12.7. The summed E-state index contributed by atoms with van der Waals surface area (Å²) in [5.74, 6) is 0.497. The molecule has 3 aromatic rings. The number of fused-ring (bicyclic) bond motifs is 1. The Kier molecular flexibility index (Phi) is 4.58. The van der Waals surface area contributed by atoms with Crippen molar-refractivity contribution in [1.29, 1.82) is 0 Å². The second-order valence-electron chi connectivity index (χ2n) is 6.38. The van der Waals surface area contributed by atoms with Gasteiger partial charge in [0.05, 0.1) is 24.4 Å². The molecule has 4 rings (SSSR count). The van der Waals surface area contributed by atoms with E-state index in [1.165, 1.54) is 6.26 Å². The van der Waals surface area contributed by atoms with Crippen LogP contribution in [-0.4, -0.2) is 36.3 Å². The van der Waals surface area contributed by atoms with Crippen molar-refractivity contribution in [3.05, 3.63) is 60.1 Å². The van der Waals surface area contributed by atoms with Crippen molar-refractivity contribution in [1.82, 2.24) is 10.3 Å². The van der Waals surface area contributed by atoms with E-state index in [0.29, 0.717) is 36.5 Å². The summed E-state index contributed by atoms with van der Waals surface area (Å²) < 4.78 is 17.0. The number of ether oxygens (including phenoxy) is 2. The van der Waals surface area contributed by atoms with Crippen LogP contribution in [0.4, 0.5) is 0 Å². The number of hydrogen-bond acceptors (Lipinski definition) is 5. The summed E-state index contributed by atoms with van der Waals surface area (Å²) in [6, 6.07) is 11.1. The maximum Gasteiger partial charge on any atom is 0.255 e. The van der Waals surface area contributed by atoms with Crippen molar-refractivity contribution < 1.29 is 18.7 Å². The van der Waals surface area contributed by atoms with E-state index in [-0.39, 0.29) is 18.1 Å². The third kappa shape index (κ3) is 3.41. The van der Waals surface area contributed by atoms with Crippen LogP contribution < -0.4 is 10.1 Å². The third-order valence-corrected chi connectivity index (χ3v) is 4.52. The van der Waals surface area contributed by atoms with Gasteiger partial charge < -0.3 is 19.2 Å². The van der Waals surface area contributed by atoms with Crippen molar-refractivity contribution >= 4 is 16.9 Å². The molecule has 6 nitrogen and oxygen atoms in total. The van der Waals surface area contributed by atoms with Gasteiger partial charge in [-0.3, -0.25) is 9.78 Å². The summed E-state index contributed by atoms with van der Waals surface area (Å²) >= 11 is 0. The number of pyridine rings is 1. The largest absolute Gasteiger partial charge is 0.484 e. The van der Waals surface area contributed by atoms with Crippen molar-refractivity contribution in [2.45, 2.75) is 25.5 Å². The molecule has 1 aromatic carbocycles. The summed E-state index contributed by atoms with van der Waals surface area (Å²) in [5, 5.41) is 3.87. The molecular formula is C20H20N2O4. The molecule has 1 N–H and O–H groups in total. The second kappa shape index (κ2) is 7.17. The van der Waals surface area contributed by atoms with E-state index in [2.05, 4.69) is 10.3 Å². The van der Waals surface area contributed by atoms with Gasteiger partial charge in [-0.2, -0.15) is 0 Å². The van der Waals surface area contributed by atoms with Gasteiger partial charge >= 0.3 is 0 Å². The lowest BCUT2D eigenvalue weighted by atomic mass is 10.0. The first-order valence-corrected chi connectivity index (χ1v) is 8.65. The molecule has 6 heteroatoms. The minimum atomic E-state index is -0.268. The van der Waals surface area contributed by atoms with Crippen LogP contribution in [0.3, 0.4) is 0 Å². The number of rotatable bonds is 4. The van der Waals surface area contributed by atoms with Crippen LogP contribution in [0.5, 0.6) is 5.75 Å². The summed E-state index contributed by atoms with van der Waals surface area (Å²) in [5.41, 5.74) is 2.15. The van der Waals surface area contributed by atoms with E-state index >= 15 is 0 Å². The fraction of sp³-hybridized carbons (Fsp3) is 0.300. The molecule has 3 heterocycles. The van der Waals surface area contributed by atoms with Gasteiger partial charge in [-0.1, -0.05) is 18.2 Å². The van der Waals surface area contributed by atoms with Crippen LogP contribution in [0.15, 0.2) is 53.3 Å². The second-order valence-corrected chi connectivity index (χ2v) is 6.38. The number of para-hydroxylation sites is 1. The van der Waals surface area contributed by atoms with E-state index in [1.54, 1.807) is 6.20 Å². The predicted molar refractivity (Wildman–Crippen MR) is 96.3 cm³/mol. The van der Waals surface area contributed by atoms with E-state index < -0.39 is 0 Å². The standard InChI is InChI=1S/C20H20N2O4/c1-13-6-7-14(10-21-13)26-19-12-24-9-8-17(19)22-20(23)16-11-25-18-5-3-2-4-15(16)18/h2-7,10-11,17,19H,8-9,12H2,1H3,(H,22,23)/t17-,19+/m1/s1. The van der Waals surface area contributed by atoms with Crippen molar-refractivity contribution in [3.63, 3.8) is 0 Å². The normalized spacial score (nSPS) is 20.0. The number of furan rings is 1. The van der Waals surface area contributed by atoms with E-state index in [0.717, 1.165) is 11.1 Å². The van der Waals surface area contributed by atoms with E-state index in [1.807, 2.05) is 43.3 Å². The summed E-state index contributed by atoms with van der Waals surface area (Å²) in [7, 11) is 0. The Bertz CT molecular complexity index is 904. The Morgan fingerprint density at radius 3 is 3.00 bits per heavy atom.